The normalized spacial score (nSPS) is 10.8. The summed E-state index contributed by atoms with van der Waals surface area (Å²) in [5, 5.41) is 0. The third-order valence-corrected chi connectivity index (χ3v) is 3.22. The Morgan fingerprint density at radius 1 is 1.15 bits per heavy atom. The summed E-state index contributed by atoms with van der Waals surface area (Å²) in [6.07, 6.45) is 0.899. The first kappa shape index (κ1) is 12.5. The van der Waals surface area contributed by atoms with Gasteiger partial charge in [0.25, 0.3) is 0 Å². The molecule has 3 rings (SSSR count). The molecule has 0 spiro atoms. The Bertz CT molecular complexity index is 716. The Hall–Kier alpha value is -2.49. The number of hydrogen-bond donors (Lipinski definition) is 2. The van der Waals surface area contributed by atoms with Gasteiger partial charge in [0.05, 0.1) is 11.0 Å². The molecule has 1 heterocycles. The number of anilines is 1. The molecule has 0 aliphatic heterocycles. The van der Waals surface area contributed by atoms with Crippen molar-refractivity contribution in [2.75, 3.05) is 5.73 Å². The molecule has 20 heavy (non-hydrogen) atoms. The van der Waals surface area contributed by atoms with Gasteiger partial charge in [-0.05, 0) is 29.8 Å². The van der Waals surface area contributed by atoms with Crippen LogP contribution in [0.25, 0.3) is 11.0 Å². The molecule has 0 aliphatic rings. The number of aryl methyl sites for hydroxylation is 1. The minimum absolute atomic E-state index is 0.528. The molecule has 0 bridgehead atoms. The second-order valence-corrected chi connectivity index (χ2v) is 4.75. The summed E-state index contributed by atoms with van der Waals surface area (Å²) in [7, 11) is 0. The van der Waals surface area contributed by atoms with E-state index in [0.717, 1.165) is 40.3 Å². The number of nitrogens with one attached hydrogen (secondary N) is 1. The van der Waals surface area contributed by atoms with Crippen LogP contribution in [0, 0.1) is 0 Å². The first-order valence-electron chi connectivity index (χ1n) is 6.70. The summed E-state index contributed by atoms with van der Waals surface area (Å²) in [4.78, 5) is 7.76. The van der Waals surface area contributed by atoms with Crippen LogP contribution in [-0.2, 0) is 13.0 Å². The number of fused-ring (bicyclic) bond motifs is 1. The van der Waals surface area contributed by atoms with Gasteiger partial charge in [-0.1, -0.05) is 19.1 Å². The number of hydrogen-bond acceptors (Lipinski definition) is 3. The number of nitrogens with two attached hydrogens (primary N) is 1. The van der Waals surface area contributed by atoms with Gasteiger partial charge in [0.1, 0.15) is 18.2 Å². The molecule has 3 N–H and O–H groups in total. The number of nitrogens with zero attached hydrogens (tertiary/aromatic N) is 1. The number of aromatic amines is 1. The lowest BCUT2D eigenvalue weighted by Gasteiger charge is -2.06. The van der Waals surface area contributed by atoms with Crippen LogP contribution in [0.1, 0.15) is 18.3 Å². The van der Waals surface area contributed by atoms with Crippen LogP contribution >= 0.6 is 0 Å². The van der Waals surface area contributed by atoms with Crippen LogP contribution in [0.5, 0.6) is 5.75 Å². The lowest BCUT2D eigenvalue weighted by atomic mass is 10.2. The van der Waals surface area contributed by atoms with E-state index >= 15 is 0 Å². The van der Waals surface area contributed by atoms with E-state index in [9.17, 15) is 0 Å². The third-order valence-electron chi connectivity index (χ3n) is 3.22. The second-order valence-electron chi connectivity index (χ2n) is 4.75. The first-order chi connectivity index (χ1) is 9.74. The number of imidazole rings is 1. The number of nitrogen functional groups attached to an aromatic ring is 1. The molecule has 0 saturated carbocycles. The first-order valence-corrected chi connectivity index (χ1v) is 6.70. The van der Waals surface area contributed by atoms with Crippen LogP contribution < -0.4 is 10.5 Å². The van der Waals surface area contributed by atoms with E-state index in [-0.39, 0.29) is 0 Å². The highest BCUT2D eigenvalue weighted by molar-refractivity contribution is 5.76. The average molecular weight is 267 g/mol. The lowest BCUT2D eigenvalue weighted by molar-refractivity contribution is 0.306. The van der Waals surface area contributed by atoms with Crippen molar-refractivity contribution >= 4 is 16.7 Å². The van der Waals surface area contributed by atoms with E-state index in [2.05, 4.69) is 16.9 Å². The van der Waals surface area contributed by atoms with Crippen molar-refractivity contribution in [2.45, 2.75) is 20.0 Å². The molecule has 4 heteroatoms. The lowest BCUT2D eigenvalue weighted by Crippen LogP contribution is -1.95. The highest BCUT2D eigenvalue weighted by atomic mass is 16.5. The van der Waals surface area contributed by atoms with Crippen LogP contribution in [0.4, 0.5) is 5.69 Å². The van der Waals surface area contributed by atoms with Crippen molar-refractivity contribution < 1.29 is 4.74 Å². The summed E-state index contributed by atoms with van der Waals surface area (Å²) >= 11 is 0. The van der Waals surface area contributed by atoms with Gasteiger partial charge in [-0.25, -0.2) is 4.98 Å². The van der Waals surface area contributed by atoms with Crippen LogP contribution in [0.3, 0.4) is 0 Å². The van der Waals surface area contributed by atoms with Crippen molar-refractivity contribution in [3.05, 3.63) is 53.9 Å². The summed E-state index contributed by atoms with van der Waals surface area (Å²) in [5.74, 6) is 1.83. The van der Waals surface area contributed by atoms with Gasteiger partial charge < -0.3 is 15.5 Å². The minimum atomic E-state index is 0.528. The zero-order chi connectivity index (χ0) is 13.9. The van der Waals surface area contributed by atoms with Gasteiger partial charge in [0, 0.05) is 18.2 Å². The Morgan fingerprint density at radius 2 is 1.95 bits per heavy atom. The van der Waals surface area contributed by atoms with E-state index < -0.39 is 0 Å². The SMILES string of the molecule is CCc1nc2ccc(OCc3ccc(N)cc3)cc2[nH]1. The van der Waals surface area contributed by atoms with Crippen molar-refractivity contribution in [1.29, 1.82) is 0 Å². The van der Waals surface area contributed by atoms with Gasteiger partial charge in [-0.3, -0.25) is 0 Å². The second kappa shape index (κ2) is 5.25. The van der Waals surface area contributed by atoms with Crippen molar-refractivity contribution in [1.82, 2.24) is 9.97 Å². The maximum Gasteiger partial charge on any atom is 0.122 e. The molecule has 102 valence electrons. The van der Waals surface area contributed by atoms with Crippen molar-refractivity contribution in [3.63, 3.8) is 0 Å². The third kappa shape index (κ3) is 2.59. The molecule has 0 atom stereocenters. The van der Waals surface area contributed by atoms with Gasteiger partial charge in [0.15, 0.2) is 0 Å². The molecule has 4 nitrogen and oxygen atoms in total. The topological polar surface area (TPSA) is 63.9 Å². The quantitative estimate of drug-likeness (QED) is 0.713. The molecular weight excluding hydrogens is 250 g/mol. The Balaban J connectivity index is 1.75. The van der Waals surface area contributed by atoms with Gasteiger partial charge in [-0.2, -0.15) is 0 Å². The summed E-state index contributed by atoms with van der Waals surface area (Å²) < 4.78 is 5.79. The molecule has 3 aromatic rings. The zero-order valence-electron chi connectivity index (χ0n) is 11.4. The monoisotopic (exact) mass is 267 g/mol. The number of H-pyrrole nitrogens is 1. The fraction of sp³-hybridized carbons (Fsp3) is 0.188. The molecule has 0 saturated heterocycles. The largest absolute Gasteiger partial charge is 0.489 e. The van der Waals surface area contributed by atoms with Crippen molar-refractivity contribution in [2.24, 2.45) is 0 Å². The van der Waals surface area contributed by atoms with Crippen LogP contribution in [0.15, 0.2) is 42.5 Å². The van der Waals surface area contributed by atoms with E-state index in [1.807, 2.05) is 42.5 Å². The summed E-state index contributed by atoms with van der Waals surface area (Å²) in [6.45, 7) is 2.61. The predicted molar refractivity (Wildman–Crippen MR) is 80.7 cm³/mol. The van der Waals surface area contributed by atoms with E-state index in [0.29, 0.717) is 6.61 Å². The van der Waals surface area contributed by atoms with Gasteiger partial charge in [0.2, 0.25) is 0 Å². The predicted octanol–water partition coefficient (Wildman–Crippen LogP) is 3.29. The highest BCUT2D eigenvalue weighted by Crippen LogP contribution is 2.20. The smallest absolute Gasteiger partial charge is 0.122 e. The number of aromatic nitrogens is 2. The number of benzene rings is 2. The molecule has 0 fully saturated rings. The van der Waals surface area contributed by atoms with E-state index in [4.69, 9.17) is 10.5 Å². The molecule has 0 unspecified atom stereocenters. The van der Waals surface area contributed by atoms with Gasteiger partial charge in [-0.15, -0.1) is 0 Å². The van der Waals surface area contributed by atoms with E-state index in [1.165, 1.54) is 0 Å². The number of rotatable bonds is 4. The molecule has 0 aliphatic carbocycles. The Morgan fingerprint density at radius 3 is 2.70 bits per heavy atom. The van der Waals surface area contributed by atoms with Crippen LogP contribution in [-0.4, -0.2) is 9.97 Å². The van der Waals surface area contributed by atoms with Crippen LogP contribution in [0.2, 0.25) is 0 Å². The summed E-state index contributed by atoms with van der Waals surface area (Å²) in [5.41, 5.74) is 9.50. The summed E-state index contributed by atoms with van der Waals surface area (Å²) in [6, 6.07) is 13.6. The molecule has 0 radical (unpaired) electrons. The van der Waals surface area contributed by atoms with E-state index in [1.54, 1.807) is 0 Å². The Kier molecular flexibility index (Phi) is 3.29. The average Bonchev–Trinajstić information content (AvgIpc) is 2.89. The zero-order valence-corrected chi connectivity index (χ0v) is 11.4. The van der Waals surface area contributed by atoms with Crippen molar-refractivity contribution in [3.8, 4) is 5.75 Å². The molecule has 0 amide bonds. The minimum Gasteiger partial charge on any atom is -0.489 e. The fourth-order valence-electron chi connectivity index (χ4n) is 2.08. The molecular formula is C16H17N3O. The molecule has 1 aromatic heterocycles. The Labute approximate surface area is 117 Å². The van der Waals surface area contributed by atoms with Gasteiger partial charge >= 0.3 is 0 Å². The fourth-order valence-corrected chi connectivity index (χ4v) is 2.08. The maximum absolute atomic E-state index is 5.79. The molecule has 2 aromatic carbocycles. The maximum atomic E-state index is 5.79. The standard InChI is InChI=1S/C16H17N3O/c1-2-16-18-14-8-7-13(9-15(14)19-16)20-10-11-3-5-12(17)6-4-11/h3-9H,2,10,17H2,1H3,(H,18,19). The highest BCUT2D eigenvalue weighted by Gasteiger charge is 2.03. The number of ether oxygens (including phenoxy) is 1.